The van der Waals surface area contributed by atoms with Crippen molar-refractivity contribution in [2.45, 2.75) is 6.18 Å². The maximum atomic E-state index is 15.1. The van der Waals surface area contributed by atoms with Gasteiger partial charge in [0, 0.05) is 55.2 Å². The van der Waals surface area contributed by atoms with Crippen LogP contribution >= 0.6 is 0 Å². The third-order valence-corrected chi connectivity index (χ3v) is 11.8. The molecule has 0 aliphatic carbocycles. The molecule has 9 heteroatoms. The van der Waals surface area contributed by atoms with Gasteiger partial charge in [-0.2, -0.15) is 23.7 Å². The number of nitrogens with zero attached hydrogens (tertiary/aromatic N) is 4. The molecule has 0 radical (unpaired) electrons. The second-order valence-corrected chi connectivity index (χ2v) is 15.0. The van der Waals surface area contributed by atoms with Gasteiger partial charge in [-0.3, -0.25) is 0 Å². The fourth-order valence-corrected chi connectivity index (χ4v) is 9.23. The summed E-state index contributed by atoms with van der Waals surface area (Å²) in [6, 6.07) is 50.5. The molecule has 12 aromatic rings. The summed E-state index contributed by atoms with van der Waals surface area (Å²) in [5.41, 5.74) is 5.64. The monoisotopic (exact) mass is 782 g/mol. The molecular formula is C51H25F3N4O2. The zero-order chi connectivity index (χ0) is 40.4. The lowest BCUT2D eigenvalue weighted by molar-refractivity contribution is -0.137. The Morgan fingerprint density at radius 2 is 0.917 bits per heavy atom. The standard InChI is InChI=1S/C51H25F3N4O2/c52-51(53,54)40-19-28(26-55)17-18-30(40)29-20-43(57-41-13-5-1-9-31(41)35-22-37-33-11-3-7-15-47(33)59-49(37)24-45(35)57)39(27-56)44(21-29)58-42-14-6-2-10-32(42)36-23-38-34-12-4-8-16-48(34)60-50(38)25-46(36)58/h1-25H. The number of furan rings is 2. The Balaban J connectivity index is 1.26. The Labute approximate surface area is 337 Å². The Kier molecular flexibility index (Phi) is 6.84. The first kappa shape index (κ1) is 33.8. The first-order valence-corrected chi connectivity index (χ1v) is 19.2. The maximum absolute atomic E-state index is 15.1. The van der Waals surface area contributed by atoms with Crippen LogP contribution in [0.3, 0.4) is 0 Å². The van der Waals surface area contributed by atoms with Gasteiger partial charge in [0.1, 0.15) is 34.0 Å². The quantitative estimate of drug-likeness (QED) is 0.179. The first-order valence-electron chi connectivity index (χ1n) is 19.2. The molecule has 0 amide bonds. The van der Waals surface area contributed by atoms with Gasteiger partial charge in [-0.25, -0.2) is 0 Å². The number of nitriles is 2. The van der Waals surface area contributed by atoms with Crippen molar-refractivity contribution in [3.8, 4) is 34.6 Å². The molecular weight excluding hydrogens is 758 g/mol. The molecule has 4 aromatic heterocycles. The van der Waals surface area contributed by atoms with E-state index in [2.05, 4.69) is 18.2 Å². The minimum atomic E-state index is -4.80. The molecule has 0 fully saturated rings. The fourth-order valence-electron chi connectivity index (χ4n) is 9.23. The molecule has 6 nitrogen and oxygen atoms in total. The van der Waals surface area contributed by atoms with Gasteiger partial charge in [-0.05, 0) is 71.8 Å². The van der Waals surface area contributed by atoms with Crippen molar-refractivity contribution in [3.63, 3.8) is 0 Å². The van der Waals surface area contributed by atoms with E-state index >= 15 is 13.2 Å². The van der Waals surface area contributed by atoms with Crippen LogP contribution in [0.4, 0.5) is 13.2 Å². The summed E-state index contributed by atoms with van der Waals surface area (Å²) in [6.45, 7) is 0. The topological polar surface area (TPSA) is 83.7 Å². The third-order valence-electron chi connectivity index (χ3n) is 11.8. The van der Waals surface area contributed by atoms with Gasteiger partial charge >= 0.3 is 6.18 Å². The average molecular weight is 783 g/mol. The SMILES string of the molecule is N#Cc1ccc(-c2cc(-n3c4ccccc4c4cc5c(cc43)oc3ccccc35)c(C#N)c(-n3c4ccccc4c4cc5c(cc43)oc3ccccc35)c2)c(C(F)(F)F)c1. The van der Waals surface area contributed by atoms with Gasteiger partial charge in [0.05, 0.1) is 50.6 Å². The van der Waals surface area contributed by atoms with E-state index < -0.39 is 11.7 Å². The molecule has 0 saturated heterocycles. The van der Waals surface area contributed by atoms with E-state index in [1.807, 2.05) is 124 Å². The summed E-state index contributed by atoms with van der Waals surface area (Å²) in [4.78, 5) is 0. The molecule has 0 unspecified atom stereocenters. The normalized spacial score (nSPS) is 12.2. The van der Waals surface area contributed by atoms with Crippen LogP contribution in [0.5, 0.6) is 0 Å². The van der Waals surface area contributed by atoms with Gasteiger partial charge < -0.3 is 18.0 Å². The molecule has 12 rings (SSSR count). The fraction of sp³-hybridized carbons (Fsp3) is 0.0196. The highest BCUT2D eigenvalue weighted by molar-refractivity contribution is 6.19. The number of benzene rings is 8. The van der Waals surface area contributed by atoms with Crippen LogP contribution in [0.1, 0.15) is 16.7 Å². The van der Waals surface area contributed by atoms with E-state index in [0.29, 0.717) is 33.6 Å². The van der Waals surface area contributed by atoms with E-state index in [0.717, 1.165) is 71.4 Å². The van der Waals surface area contributed by atoms with E-state index in [1.165, 1.54) is 12.1 Å². The molecule has 0 atom stereocenters. The second kappa shape index (κ2) is 12.1. The Hall–Kier alpha value is -8.27. The van der Waals surface area contributed by atoms with E-state index in [1.54, 1.807) is 12.1 Å². The van der Waals surface area contributed by atoms with Crippen molar-refractivity contribution < 1.29 is 22.0 Å². The van der Waals surface area contributed by atoms with Crippen molar-refractivity contribution in [3.05, 3.63) is 168 Å². The van der Waals surface area contributed by atoms with Crippen molar-refractivity contribution in [1.82, 2.24) is 9.13 Å². The second-order valence-electron chi connectivity index (χ2n) is 15.0. The van der Waals surface area contributed by atoms with Crippen molar-refractivity contribution in [1.29, 1.82) is 10.5 Å². The molecule has 60 heavy (non-hydrogen) atoms. The summed E-state index contributed by atoms with van der Waals surface area (Å²) in [5, 5.41) is 28.4. The first-order chi connectivity index (χ1) is 29.3. The van der Waals surface area contributed by atoms with E-state index in [4.69, 9.17) is 8.83 Å². The number of para-hydroxylation sites is 4. The molecule has 0 aliphatic heterocycles. The smallest absolute Gasteiger partial charge is 0.417 e. The zero-order valence-electron chi connectivity index (χ0n) is 31.2. The summed E-state index contributed by atoms with van der Waals surface area (Å²) < 4.78 is 61.8. The minimum absolute atomic E-state index is 0.116. The molecule has 282 valence electrons. The summed E-state index contributed by atoms with van der Waals surface area (Å²) >= 11 is 0. The number of fused-ring (bicyclic) bond motifs is 12. The highest BCUT2D eigenvalue weighted by Crippen LogP contribution is 2.45. The number of rotatable bonds is 3. The largest absolute Gasteiger partial charge is 0.456 e. The van der Waals surface area contributed by atoms with Gasteiger partial charge in [-0.1, -0.05) is 78.9 Å². The van der Waals surface area contributed by atoms with Crippen LogP contribution in [0.25, 0.3) is 110 Å². The molecule has 0 bridgehead atoms. The molecule has 4 heterocycles. The molecule has 0 aliphatic rings. The van der Waals surface area contributed by atoms with E-state index in [9.17, 15) is 10.5 Å². The Morgan fingerprint density at radius 1 is 0.433 bits per heavy atom. The molecule has 0 saturated carbocycles. The van der Waals surface area contributed by atoms with Crippen LogP contribution in [0.15, 0.2) is 160 Å². The lowest BCUT2D eigenvalue weighted by atomic mass is 9.94. The summed E-state index contributed by atoms with van der Waals surface area (Å²) in [5.74, 6) is 0. The van der Waals surface area contributed by atoms with Crippen LogP contribution in [-0.4, -0.2) is 9.13 Å². The van der Waals surface area contributed by atoms with Crippen LogP contribution in [0, 0.1) is 22.7 Å². The number of aromatic nitrogens is 2. The maximum Gasteiger partial charge on any atom is 0.417 e. The van der Waals surface area contributed by atoms with Crippen LogP contribution in [-0.2, 0) is 6.18 Å². The van der Waals surface area contributed by atoms with Crippen LogP contribution < -0.4 is 0 Å². The van der Waals surface area contributed by atoms with Crippen molar-refractivity contribution in [2.24, 2.45) is 0 Å². The number of hydrogen-bond donors (Lipinski definition) is 0. The van der Waals surface area contributed by atoms with E-state index in [-0.39, 0.29) is 22.3 Å². The lowest BCUT2D eigenvalue weighted by Gasteiger charge is -2.20. The zero-order valence-corrected chi connectivity index (χ0v) is 31.2. The van der Waals surface area contributed by atoms with Gasteiger partial charge in [0.2, 0.25) is 0 Å². The number of hydrogen-bond acceptors (Lipinski definition) is 4. The highest BCUT2D eigenvalue weighted by atomic mass is 19.4. The molecule has 8 aromatic carbocycles. The predicted octanol–water partition coefficient (Wildman–Crippen LogP) is 14.1. The molecule has 0 spiro atoms. The third kappa shape index (κ3) is 4.69. The average Bonchev–Trinajstić information content (AvgIpc) is 4.01. The Bertz CT molecular complexity index is 3710. The summed E-state index contributed by atoms with van der Waals surface area (Å²) in [6.07, 6.45) is -4.80. The van der Waals surface area contributed by atoms with Crippen molar-refractivity contribution >= 4 is 87.5 Å². The number of halogens is 3. The summed E-state index contributed by atoms with van der Waals surface area (Å²) in [7, 11) is 0. The highest BCUT2D eigenvalue weighted by Gasteiger charge is 2.35. The number of alkyl halides is 3. The minimum Gasteiger partial charge on any atom is -0.456 e. The van der Waals surface area contributed by atoms with Crippen molar-refractivity contribution in [2.75, 3.05) is 0 Å². The lowest BCUT2D eigenvalue weighted by Crippen LogP contribution is -2.09. The Morgan fingerprint density at radius 3 is 1.40 bits per heavy atom. The van der Waals surface area contributed by atoms with Gasteiger partial charge in [-0.15, -0.1) is 0 Å². The predicted molar refractivity (Wildman–Crippen MR) is 230 cm³/mol. The van der Waals surface area contributed by atoms with Crippen LogP contribution in [0.2, 0.25) is 0 Å². The van der Waals surface area contributed by atoms with Gasteiger partial charge in [0.15, 0.2) is 0 Å². The van der Waals surface area contributed by atoms with Gasteiger partial charge in [0.25, 0.3) is 0 Å². The molecule has 0 N–H and O–H groups in total.